The molecule has 1 rings (SSSR count). The molecular weight excluding hydrogens is 150 g/mol. The van der Waals surface area contributed by atoms with Crippen LogP contribution in [0.15, 0.2) is 0 Å². The number of rotatable bonds is 2. The minimum atomic E-state index is 0.133. The lowest BCUT2D eigenvalue weighted by molar-refractivity contribution is -0.127. The first kappa shape index (κ1) is 9.72. The van der Waals surface area contributed by atoms with Gasteiger partial charge in [-0.1, -0.05) is 26.7 Å². The third-order valence-electron chi connectivity index (χ3n) is 2.75. The molecule has 12 heavy (non-hydrogen) atoms. The molecule has 2 atom stereocenters. The quantitative estimate of drug-likeness (QED) is 0.684. The van der Waals surface area contributed by atoms with Crippen LogP contribution in [0.4, 0.5) is 0 Å². The predicted molar refractivity (Wildman–Crippen MR) is 49.8 cm³/mol. The van der Waals surface area contributed by atoms with Crippen LogP contribution in [0.1, 0.15) is 39.5 Å². The molecule has 2 N–H and O–H groups in total. The van der Waals surface area contributed by atoms with E-state index in [1.165, 1.54) is 12.8 Å². The van der Waals surface area contributed by atoms with Gasteiger partial charge in [0.05, 0.1) is 0 Å². The largest absolute Gasteiger partial charge is 0.327 e. The summed E-state index contributed by atoms with van der Waals surface area (Å²) in [5.74, 6) is 0.667. The molecule has 0 bridgehead atoms. The summed E-state index contributed by atoms with van der Waals surface area (Å²) in [6.45, 7) is 3.92. The zero-order chi connectivity index (χ0) is 9.14. The van der Waals surface area contributed by atoms with Crippen LogP contribution in [0.2, 0.25) is 0 Å². The first-order valence-corrected chi connectivity index (χ1v) is 4.92. The van der Waals surface area contributed by atoms with Gasteiger partial charge in [0, 0.05) is 17.9 Å². The minimum Gasteiger partial charge on any atom is -0.327 e. The first-order valence-electron chi connectivity index (χ1n) is 4.92. The standard InChI is InChI=1S/C10H19NO/c1-7(2)10(12)8-5-3-4-6-9(8)11/h7-9H,3-6,11H2,1-2H3/t8-,9?/m0/s1. The van der Waals surface area contributed by atoms with Gasteiger partial charge in [0.15, 0.2) is 0 Å². The molecule has 2 nitrogen and oxygen atoms in total. The molecule has 0 aromatic carbocycles. The smallest absolute Gasteiger partial charge is 0.140 e. The Morgan fingerprint density at radius 1 is 1.33 bits per heavy atom. The second kappa shape index (κ2) is 4.04. The first-order chi connectivity index (χ1) is 5.63. The van der Waals surface area contributed by atoms with Crippen molar-refractivity contribution < 1.29 is 4.79 Å². The van der Waals surface area contributed by atoms with Gasteiger partial charge in [-0.05, 0) is 12.8 Å². The molecule has 1 aliphatic carbocycles. The van der Waals surface area contributed by atoms with E-state index in [2.05, 4.69) is 0 Å². The zero-order valence-electron chi connectivity index (χ0n) is 8.05. The van der Waals surface area contributed by atoms with E-state index in [4.69, 9.17) is 5.73 Å². The van der Waals surface area contributed by atoms with Gasteiger partial charge in [0.25, 0.3) is 0 Å². The third kappa shape index (κ3) is 2.07. The highest BCUT2D eigenvalue weighted by molar-refractivity contribution is 5.83. The molecule has 0 amide bonds. The lowest BCUT2D eigenvalue weighted by Crippen LogP contribution is -2.39. The number of carbonyl (C=O) groups excluding carboxylic acids is 1. The second-order valence-electron chi connectivity index (χ2n) is 4.11. The Labute approximate surface area is 74.5 Å². The van der Waals surface area contributed by atoms with Crippen molar-refractivity contribution in [3.63, 3.8) is 0 Å². The van der Waals surface area contributed by atoms with Gasteiger partial charge in [0.2, 0.25) is 0 Å². The molecule has 0 aromatic heterocycles. The average Bonchev–Trinajstić information content (AvgIpc) is 2.04. The Bertz CT molecular complexity index is 165. The summed E-state index contributed by atoms with van der Waals surface area (Å²) in [6.07, 6.45) is 4.42. The molecule has 1 unspecified atom stereocenters. The third-order valence-corrected chi connectivity index (χ3v) is 2.75. The maximum atomic E-state index is 11.6. The van der Waals surface area contributed by atoms with Crippen LogP contribution in [0.25, 0.3) is 0 Å². The van der Waals surface area contributed by atoms with Crippen molar-refractivity contribution in [2.24, 2.45) is 17.6 Å². The highest BCUT2D eigenvalue weighted by Crippen LogP contribution is 2.25. The van der Waals surface area contributed by atoms with Crippen molar-refractivity contribution in [1.82, 2.24) is 0 Å². The van der Waals surface area contributed by atoms with E-state index in [0.29, 0.717) is 5.78 Å². The summed E-state index contributed by atoms with van der Waals surface area (Å²) >= 11 is 0. The molecule has 0 aromatic rings. The van der Waals surface area contributed by atoms with E-state index in [-0.39, 0.29) is 17.9 Å². The highest BCUT2D eigenvalue weighted by Gasteiger charge is 2.29. The van der Waals surface area contributed by atoms with E-state index in [1.807, 2.05) is 13.8 Å². The van der Waals surface area contributed by atoms with E-state index in [1.54, 1.807) is 0 Å². The molecule has 1 aliphatic rings. The number of ketones is 1. The van der Waals surface area contributed by atoms with E-state index in [9.17, 15) is 4.79 Å². The summed E-state index contributed by atoms with van der Waals surface area (Å²) in [4.78, 5) is 11.6. The maximum Gasteiger partial charge on any atom is 0.140 e. The Morgan fingerprint density at radius 3 is 2.42 bits per heavy atom. The molecule has 70 valence electrons. The SMILES string of the molecule is CC(C)C(=O)[C@H]1CCCCC1N. The fourth-order valence-electron chi connectivity index (χ4n) is 1.94. The predicted octanol–water partition coefficient (Wildman–Crippen LogP) is 1.73. The summed E-state index contributed by atoms with van der Waals surface area (Å²) in [7, 11) is 0. The van der Waals surface area contributed by atoms with Gasteiger partial charge in [-0.2, -0.15) is 0 Å². The van der Waals surface area contributed by atoms with E-state index >= 15 is 0 Å². The average molecular weight is 169 g/mol. The number of hydrogen-bond donors (Lipinski definition) is 1. The number of carbonyl (C=O) groups is 1. The van der Waals surface area contributed by atoms with Gasteiger partial charge in [-0.15, -0.1) is 0 Å². The molecule has 2 heteroatoms. The van der Waals surface area contributed by atoms with Gasteiger partial charge < -0.3 is 5.73 Å². The van der Waals surface area contributed by atoms with Crippen LogP contribution < -0.4 is 5.73 Å². The maximum absolute atomic E-state index is 11.6. The normalized spacial score (nSPS) is 30.7. The Kier molecular flexibility index (Phi) is 3.27. The molecule has 0 spiro atoms. The summed E-state index contributed by atoms with van der Waals surface area (Å²) in [6, 6.07) is 0.133. The number of Topliss-reactive ketones (excluding diaryl/α,β-unsaturated/α-hetero) is 1. The van der Waals surface area contributed by atoms with Gasteiger partial charge in [-0.3, -0.25) is 4.79 Å². The molecule has 0 aliphatic heterocycles. The number of hydrogen-bond acceptors (Lipinski definition) is 2. The Hall–Kier alpha value is -0.370. The van der Waals surface area contributed by atoms with E-state index < -0.39 is 0 Å². The fraction of sp³-hybridized carbons (Fsp3) is 0.900. The van der Waals surface area contributed by atoms with Crippen molar-refractivity contribution in [3.8, 4) is 0 Å². The summed E-state index contributed by atoms with van der Waals surface area (Å²) in [5, 5.41) is 0. The van der Waals surface area contributed by atoms with Crippen molar-refractivity contribution in [3.05, 3.63) is 0 Å². The van der Waals surface area contributed by atoms with Crippen molar-refractivity contribution >= 4 is 5.78 Å². The van der Waals surface area contributed by atoms with Crippen molar-refractivity contribution in [2.75, 3.05) is 0 Å². The van der Waals surface area contributed by atoms with Crippen LogP contribution in [-0.2, 0) is 4.79 Å². The van der Waals surface area contributed by atoms with Crippen LogP contribution in [0, 0.1) is 11.8 Å². The van der Waals surface area contributed by atoms with Crippen LogP contribution in [-0.4, -0.2) is 11.8 Å². The molecule has 1 fully saturated rings. The molecule has 0 saturated heterocycles. The Balaban J connectivity index is 2.53. The summed E-state index contributed by atoms with van der Waals surface area (Å²) in [5.41, 5.74) is 5.90. The zero-order valence-corrected chi connectivity index (χ0v) is 8.05. The van der Waals surface area contributed by atoms with Gasteiger partial charge in [-0.25, -0.2) is 0 Å². The molecule has 0 radical (unpaired) electrons. The van der Waals surface area contributed by atoms with E-state index in [0.717, 1.165) is 12.8 Å². The van der Waals surface area contributed by atoms with Crippen LogP contribution >= 0.6 is 0 Å². The van der Waals surface area contributed by atoms with Gasteiger partial charge in [0.1, 0.15) is 5.78 Å². The highest BCUT2D eigenvalue weighted by atomic mass is 16.1. The van der Waals surface area contributed by atoms with Crippen molar-refractivity contribution in [1.29, 1.82) is 0 Å². The molecule has 0 heterocycles. The lowest BCUT2D eigenvalue weighted by atomic mass is 9.79. The second-order valence-corrected chi connectivity index (χ2v) is 4.11. The fourth-order valence-corrected chi connectivity index (χ4v) is 1.94. The number of nitrogens with two attached hydrogens (primary N) is 1. The molecule has 1 saturated carbocycles. The lowest BCUT2D eigenvalue weighted by Gasteiger charge is -2.28. The van der Waals surface area contributed by atoms with Crippen LogP contribution in [0.5, 0.6) is 0 Å². The van der Waals surface area contributed by atoms with Gasteiger partial charge >= 0.3 is 0 Å². The summed E-state index contributed by atoms with van der Waals surface area (Å²) < 4.78 is 0. The Morgan fingerprint density at radius 2 is 1.92 bits per heavy atom. The van der Waals surface area contributed by atoms with Crippen LogP contribution in [0.3, 0.4) is 0 Å². The minimum absolute atomic E-state index is 0.133. The van der Waals surface area contributed by atoms with Crippen molar-refractivity contribution in [2.45, 2.75) is 45.6 Å². The topological polar surface area (TPSA) is 43.1 Å². The monoisotopic (exact) mass is 169 g/mol. The molecular formula is C10H19NO.